The number of anilines is 1. The third kappa shape index (κ3) is 3.58. The lowest BCUT2D eigenvalue weighted by molar-refractivity contribution is 0.102. The lowest BCUT2D eigenvalue weighted by Gasteiger charge is -2.09. The maximum Gasteiger partial charge on any atom is 0.255 e. The molecule has 0 aliphatic heterocycles. The van der Waals surface area contributed by atoms with E-state index in [2.05, 4.69) is 31.2 Å². The number of ether oxygens (including phenoxy) is 1. The Kier molecular flexibility index (Phi) is 5.02. The van der Waals surface area contributed by atoms with Gasteiger partial charge in [0.1, 0.15) is 5.75 Å². The highest BCUT2D eigenvalue weighted by molar-refractivity contribution is 9.10. The minimum absolute atomic E-state index is 0.268. The summed E-state index contributed by atoms with van der Waals surface area (Å²) in [6.07, 6.45) is 1.64. The molecule has 0 radical (unpaired) electrons. The van der Waals surface area contributed by atoms with Gasteiger partial charge in [-0.15, -0.1) is 0 Å². The van der Waals surface area contributed by atoms with Gasteiger partial charge in [0.2, 0.25) is 5.89 Å². The molecule has 6 nitrogen and oxygen atoms in total. The number of oxazole rings is 1. The molecule has 0 atom stereocenters. The Morgan fingerprint density at radius 1 is 1.21 bits per heavy atom. The summed E-state index contributed by atoms with van der Waals surface area (Å²) in [5.74, 6) is 0.716. The smallest absolute Gasteiger partial charge is 0.255 e. The first-order valence-corrected chi connectivity index (χ1v) is 9.38. The normalized spacial score (nSPS) is 10.8. The van der Waals surface area contributed by atoms with Crippen LogP contribution in [-0.4, -0.2) is 23.0 Å². The second-order valence-corrected chi connectivity index (χ2v) is 7.10. The minimum atomic E-state index is -0.268. The molecule has 0 bridgehead atoms. The van der Waals surface area contributed by atoms with Crippen molar-refractivity contribution in [2.45, 2.75) is 0 Å². The summed E-state index contributed by atoms with van der Waals surface area (Å²) in [4.78, 5) is 21.1. The molecule has 0 spiro atoms. The van der Waals surface area contributed by atoms with Gasteiger partial charge >= 0.3 is 0 Å². The lowest BCUT2D eigenvalue weighted by atomic mass is 10.1. The maximum absolute atomic E-state index is 12.6. The van der Waals surface area contributed by atoms with Crippen molar-refractivity contribution in [3.05, 3.63) is 69.8 Å². The van der Waals surface area contributed by atoms with Gasteiger partial charge in [0.25, 0.3) is 5.91 Å². The third-order valence-electron chi connectivity index (χ3n) is 4.03. The molecule has 140 valence electrons. The number of benzene rings is 2. The van der Waals surface area contributed by atoms with Crippen LogP contribution in [0.1, 0.15) is 10.4 Å². The predicted octanol–water partition coefficient (Wildman–Crippen LogP) is 5.57. The summed E-state index contributed by atoms with van der Waals surface area (Å²) in [5, 5.41) is 3.31. The number of amides is 1. The molecule has 0 saturated heterocycles. The molecule has 2 aromatic carbocycles. The predicted molar refractivity (Wildman–Crippen MR) is 111 cm³/mol. The summed E-state index contributed by atoms with van der Waals surface area (Å²) < 4.78 is 11.6. The molecule has 0 fully saturated rings. The van der Waals surface area contributed by atoms with Crippen LogP contribution in [0.4, 0.5) is 5.69 Å². The number of nitrogens with one attached hydrogen (secondary N) is 1. The first kappa shape index (κ1) is 18.5. The number of methoxy groups -OCH3 is 1. The highest BCUT2D eigenvalue weighted by Crippen LogP contribution is 2.32. The molecular weight excluding hydrogens is 446 g/mol. The zero-order valence-corrected chi connectivity index (χ0v) is 16.9. The molecule has 4 rings (SSSR count). The number of nitrogens with zero attached hydrogens (tertiary/aromatic N) is 2. The van der Waals surface area contributed by atoms with Gasteiger partial charge in [-0.05, 0) is 64.5 Å². The van der Waals surface area contributed by atoms with E-state index in [0.29, 0.717) is 49.2 Å². The summed E-state index contributed by atoms with van der Waals surface area (Å²) in [6, 6.07) is 13.7. The molecule has 0 saturated carbocycles. The largest absolute Gasteiger partial charge is 0.496 e. The van der Waals surface area contributed by atoms with Gasteiger partial charge in [0.05, 0.1) is 22.2 Å². The topological polar surface area (TPSA) is 77.2 Å². The van der Waals surface area contributed by atoms with Crippen molar-refractivity contribution < 1.29 is 13.9 Å². The first-order valence-electron chi connectivity index (χ1n) is 8.21. The van der Waals surface area contributed by atoms with E-state index < -0.39 is 0 Å². The Hall–Kier alpha value is -2.90. The van der Waals surface area contributed by atoms with Crippen LogP contribution in [0, 0.1) is 0 Å². The van der Waals surface area contributed by atoms with Crippen LogP contribution in [0.5, 0.6) is 5.75 Å². The molecule has 4 aromatic rings. The highest BCUT2D eigenvalue weighted by Gasteiger charge is 2.15. The Bertz CT molecular complexity index is 1160. The van der Waals surface area contributed by atoms with E-state index in [-0.39, 0.29) is 5.91 Å². The van der Waals surface area contributed by atoms with Gasteiger partial charge in [0, 0.05) is 17.4 Å². The summed E-state index contributed by atoms with van der Waals surface area (Å²) in [7, 11) is 1.57. The summed E-state index contributed by atoms with van der Waals surface area (Å²) in [5.41, 5.74) is 2.66. The zero-order valence-electron chi connectivity index (χ0n) is 14.6. The number of carbonyl (C=O) groups excluding carboxylic acids is 1. The molecule has 2 aromatic heterocycles. The number of hydrogen-bond acceptors (Lipinski definition) is 5. The number of aromatic nitrogens is 2. The van der Waals surface area contributed by atoms with Crippen LogP contribution in [0.25, 0.3) is 22.7 Å². The Balaban J connectivity index is 1.63. The minimum Gasteiger partial charge on any atom is -0.496 e. The summed E-state index contributed by atoms with van der Waals surface area (Å²) >= 11 is 9.69. The molecule has 1 N–H and O–H groups in total. The molecule has 0 unspecified atom stereocenters. The Morgan fingerprint density at radius 2 is 2.07 bits per heavy atom. The second kappa shape index (κ2) is 7.61. The number of halogens is 2. The standard InChI is InChI=1S/C20H13BrClN3O3/c1-27-16-7-4-11(9-14(16)21)19(26)24-12-5-6-15(22)13(10-12)20-25-18-17(28-20)3-2-8-23-18/h2-10H,1H3,(H,24,26). The van der Waals surface area contributed by atoms with Crippen LogP contribution in [0.2, 0.25) is 5.02 Å². The molecule has 0 aliphatic rings. The fourth-order valence-corrected chi connectivity index (χ4v) is 3.40. The summed E-state index contributed by atoms with van der Waals surface area (Å²) in [6.45, 7) is 0. The van der Waals surface area contributed by atoms with Crippen molar-refractivity contribution >= 4 is 50.4 Å². The quantitative estimate of drug-likeness (QED) is 0.433. The number of carbonyl (C=O) groups is 1. The monoisotopic (exact) mass is 457 g/mol. The van der Waals surface area contributed by atoms with Gasteiger partial charge in [-0.1, -0.05) is 11.6 Å². The molecular formula is C20H13BrClN3O3. The van der Waals surface area contributed by atoms with Crippen molar-refractivity contribution in [1.29, 1.82) is 0 Å². The van der Waals surface area contributed by atoms with E-state index in [9.17, 15) is 4.79 Å². The van der Waals surface area contributed by atoms with Gasteiger partial charge in [-0.2, -0.15) is 4.98 Å². The van der Waals surface area contributed by atoms with Gasteiger partial charge in [-0.25, -0.2) is 4.98 Å². The fraction of sp³-hybridized carbons (Fsp3) is 0.0500. The van der Waals surface area contributed by atoms with Gasteiger partial charge in [-0.3, -0.25) is 4.79 Å². The van der Waals surface area contributed by atoms with E-state index in [1.807, 2.05) is 0 Å². The van der Waals surface area contributed by atoms with E-state index in [1.165, 1.54) is 0 Å². The van der Waals surface area contributed by atoms with Crippen LogP contribution in [0.15, 0.2) is 63.6 Å². The van der Waals surface area contributed by atoms with Crippen LogP contribution < -0.4 is 10.1 Å². The first-order chi connectivity index (χ1) is 13.5. The average Bonchev–Trinajstić information content (AvgIpc) is 3.13. The maximum atomic E-state index is 12.6. The number of pyridine rings is 1. The number of hydrogen-bond donors (Lipinski definition) is 1. The molecule has 28 heavy (non-hydrogen) atoms. The molecule has 2 heterocycles. The van der Waals surface area contributed by atoms with E-state index in [0.717, 1.165) is 0 Å². The second-order valence-electron chi connectivity index (χ2n) is 5.84. The number of rotatable bonds is 4. The van der Waals surface area contributed by atoms with Gasteiger partial charge < -0.3 is 14.5 Å². The van der Waals surface area contributed by atoms with E-state index in [4.69, 9.17) is 20.8 Å². The van der Waals surface area contributed by atoms with Gasteiger partial charge in [0.15, 0.2) is 11.2 Å². The third-order valence-corrected chi connectivity index (χ3v) is 4.98. The fourth-order valence-electron chi connectivity index (χ4n) is 2.66. The van der Waals surface area contributed by atoms with Crippen molar-refractivity contribution in [2.75, 3.05) is 12.4 Å². The molecule has 8 heteroatoms. The van der Waals surface area contributed by atoms with Crippen LogP contribution in [-0.2, 0) is 0 Å². The SMILES string of the molecule is COc1ccc(C(=O)Nc2ccc(Cl)c(-c3nc4ncccc4o3)c2)cc1Br. The lowest BCUT2D eigenvalue weighted by Crippen LogP contribution is -2.12. The van der Waals surface area contributed by atoms with Crippen LogP contribution in [0.3, 0.4) is 0 Å². The van der Waals surface area contributed by atoms with Crippen molar-refractivity contribution in [3.63, 3.8) is 0 Å². The van der Waals surface area contributed by atoms with Crippen LogP contribution >= 0.6 is 27.5 Å². The van der Waals surface area contributed by atoms with E-state index in [1.54, 1.807) is 61.8 Å². The van der Waals surface area contributed by atoms with E-state index >= 15 is 0 Å². The zero-order chi connectivity index (χ0) is 19.7. The molecule has 0 aliphatic carbocycles. The van der Waals surface area contributed by atoms with Crippen molar-refractivity contribution in [1.82, 2.24) is 9.97 Å². The van der Waals surface area contributed by atoms with Crippen molar-refractivity contribution in [3.8, 4) is 17.2 Å². The Labute approximate surface area is 173 Å². The average molecular weight is 459 g/mol. The Morgan fingerprint density at radius 3 is 2.82 bits per heavy atom. The highest BCUT2D eigenvalue weighted by atomic mass is 79.9. The molecule has 1 amide bonds. The van der Waals surface area contributed by atoms with Crippen molar-refractivity contribution in [2.24, 2.45) is 0 Å². The number of fused-ring (bicyclic) bond motifs is 1.